The monoisotopic (exact) mass is 257 g/mol. The summed E-state index contributed by atoms with van der Waals surface area (Å²) in [4.78, 5) is 0. The first-order chi connectivity index (χ1) is 8.24. The van der Waals surface area contributed by atoms with E-state index in [1.807, 2.05) is 0 Å². The molecule has 0 bridgehead atoms. The molecule has 3 nitrogen and oxygen atoms in total. The molecule has 0 amide bonds. The van der Waals surface area contributed by atoms with Crippen molar-refractivity contribution in [3.8, 4) is 6.07 Å². The summed E-state index contributed by atoms with van der Waals surface area (Å²) in [6, 6.07) is 3.97. The fraction of sp³-hybridized carbons (Fsp3) is 0.923. The van der Waals surface area contributed by atoms with Gasteiger partial charge in [0.25, 0.3) is 0 Å². The molecule has 0 fully saturated rings. The van der Waals surface area contributed by atoms with Crippen molar-refractivity contribution < 1.29 is 8.85 Å². The van der Waals surface area contributed by atoms with Gasteiger partial charge in [0.2, 0.25) is 0 Å². The lowest BCUT2D eigenvalue weighted by atomic mass is 10.4. The molecule has 100 valence electrons. The predicted molar refractivity (Wildman–Crippen MR) is 73.0 cm³/mol. The van der Waals surface area contributed by atoms with Gasteiger partial charge in [-0.05, 0) is 18.9 Å². The highest BCUT2D eigenvalue weighted by Crippen LogP contribution is 2.21. The van der Waals surface area contributed by atoms with Crippen molar-refractivity contribution in [2.45, 2.75) is 65.0 Å². The molecule has 0 aliphatic rings. The third-order valence-corrected chi connectivity index (χ3v) is 6.43. The Balaban J connectivity index is 4.23. The Morgan fingerprint density at radius 3 is 1.88 bits per heavy atom. The maximum atomic E-state index is 8.73. The molecule has 0 radical (unpaired) electrons. The van der Waals surface area contributed by atoms with E-state index in [1.54, 1.807) is 0 Å². The molecule has 0 saturated heterocycles. The van der Waals surface area contributed by atoms with Crippen molar-refractivity contribution >= 4 is 8.56 Å². The summed E-state index contributed by atoms with van der Waals surface area (Å²) in [6.45, 7) is 8.02. The lowest BCUT2D eigenvalue weighted by Crippen LogP contribution is -2.42. The van der Waals surface area contributed by atoms with E-state index in [2.05, 4.69) is 26.8 Å². The molecule has 4 heteroatoms. The summed E-state index contributed by atoms with van der Waals surface area (Å²) in [7, 11) is -2.09. The number of hydrogen-bond acceptors (Lipinski definition) is 3. The van der Waals surface area contributed by atoms with E-state index in [1.165, 1.54) is 0 Å². The Kier molecular flexibility index (Phi) is 10.5. The van der Waals surface area contributed by atoms with Crippen LogP contribution >= 0.6 is 0 Å². The first-order valence-electron chi connectivity index (χ1n) is 6.89. The standard InChI is InChI=1S/C13H27NO2Si/c1-4-7-11-15-17(6-3,13-9-10-14)16-12-8-5-2/h4-9,11-13H2,1-3H3. The van der Waals surface area contributed by atoms with E-state index in [0.29, 0.717) is 6.42 Å². The highest BCUT2D eigenvalue weighted by atomic mass is 28.4. The van der Waals surface area contributed by atoms with Crippen molar-refractivity contribution in [3.63, 3.8) is 0 Å². The van der Waals surface area contributed by atoms with Crippen molar-refractivity contribution in [3.05, 3.63) is 0 Å². The zero-order chi connectivity index (χ0) is 13.0. The lowest BCUT2D eigenvalue weighted by Gasteiger charge is -2.29. The molecule has 0 rings (SSSR count). The van der Waals surface area contributed by atoms with Crippen molar-refractivity contribution in [1.82, 2.24) is 0 Å². The van der Waals surface area contributed by atoms with E-state index in [-0.39, 0.29) is 0 Å². The molecule has 0 aliphatic carbocycles. The van der Waals surface area contributed by atoms with Gasteiger partial charge in [-0.2, -0.15) is 5.26 Å². The smallest absolute Gasteiger partial charge is 0.338 e. The van der Waals surface area contributed by atoms with E-state index in [0.717, 1.165) is 51.0 Å². The molecule has 0 spiro atoms. The van der Waals surface area contributed by atoms with E-state index in [9.17, 15) is 0 Å². The molecule has 0 aromatic heterocycles. The van der Waals surface area contributed by atoms with Crippen LogP contribution in [-0.4, -0.2) is 21.8 Å². The van der Waals surface area contributed by atoms with Gasteiger partial charge in [0.05, 0.1) is 6.07 Å². The third kappa shape index (κ3) is 7.53. The molecule has 0 aromatic rings. The van der Waals surface area contributed by atoms with Crippen LogP contribution in [0.4, 0.5) is 0 Å². The van der Waals surface area contributed by atoms with Gasteiger partial charge < -0.3 is 8.85 Å². The van der Waals surface area contributed by atoms with Gasteiger partial charge in [0.15, 0.2) is 0 Å². The Bertz CT molecular complexity index is 206. The van der Waals surface area contributed by atoms with Crippen LogP contribution < -0.4 is 0 Å². The Hall–Kier alpha value is -0.373. The minimum atomic E-state index is -2.09. The van der Waals surface area contributed by atoms with Crippen LogP contribution in [0.25, 0.3) is 0 Å². The van der Waals surface area contributed by atoms with Crippen LogP contribution in [0.3, 0.4) is 0 Å². The minimum Gasteiger partial charge on any atom is -0.394 e. The fourth-order valence-corrected chi connectivity index (χ4v) is 4.28. The van der Waals surface area contributed by atoms with Crippen LogP contribution in [0.2, 0.25) is 12.1 Å². The first-order valence-corrected chi connectivity index (χ1v) is 9.12. The molecule has 0 heterocycles. The second-order valence-electron chi connectivity index (χ2n) is 4.33. The van der Waals surface area contributed by atoms with Gasteiger partial charge >= 0.3 is 8.56 Å². The molecule has 0 unspecified atom stereocenters. The molecule has 17 heavy (non-hydrogen) atoms. The van der Waals surface area contributed by atoms with Crippen molar-refractivity contribution in [2.24, 2.45) is 0 Å². The molecular formula is C13H27NO2Si. The van der Waals surface area contributed by atoms with Gasteiger partial charge in [-0.1, -0.05) is 33.6 Å². The van der Waals surface area contributed by atoms with Gasteiger partial charge in [-0.15, -0.1) is 0 Å². The van der Waals surface area contributed by atoms with Crippen LogP contribution in [0.5, 0.6) is 0 Å². The van der Waals surface area contributed by atoms with Gasteiger partial charge in [-0.25, -0.2) is 0 Å². The Labute approximate surface area is 107 Å². The quantitative estimate of drug-likeness (QED) is 0.415. The maximum absolute atomic E-state index is 8.73. The lowest BCUT2D eigenvalue weighted by molar-refractivity contribution is 0.164. The van der Waals surface area contributed by atoms with Crippen LogP contribution in [0.15, 0.2) is 0 Å². The number of rotatable bonds is 11. The van der Waals surface area contributed by atoms with E-state index in [4.69, 9.17) is 14.1 Å². The summed E-state index contributed by atoms with van der Waals surface area (Å²) < 4.78 is 12.1. The first kappa shape index (κ1) is 16.6. The van der Waals surface area contributed by atoms with Crippen molar-refractivity contribution in [2.75, 3.05) is 13.2 Å². The highest BCUT2D eigenvalue weighted by Gasteiger charge is 2.34. The average molecular weight is 257 g/mol. The van der Waals surface area contributed by atoms with Crippen LogP contribution in [0, 0.1) is 11.3 Å². The van der Waals surface area contributed by atoms with Gasteiger partial charge in [0, 0.05) is 25.7 Å². The van der Waals surface area contributed by atoms with Crippen molar-refractivity contribution in [1.29, 1.82) is 5.26 Å². The summed E-state index contributed by atoms with van der Waals surface area (Å²) in [5.74, 6) is 0. The Morgan fingerprint density at radius 2 is 1.53 bits per heavy atom. The number of nitriles is 1. The summed E-state index contributed by atoms with van der Waals surface area (Å²) in [5, 5.41) is 8.73. The third-order valence-electron chi connectivity index (χ3n) is 2.88. The SMILES string of the molecule is CCCCO[Si](CC)(CCC#N)OCCCC. The van der Waals surface area contributed by atoms with Gasteiger partial charge in [0.1, 0.15) is 0 Å². The largest absolute Gasteiger partial charge is 0.394 e. The molecule has 0 aromatic carbocycles. The summed E-state index contributed by atoms with van der Waals surface area (Å²) in [5.41, 5.74) is 0. The molecule has 0 atom stereocenters. The maximum Gasteiger partial charge on any atom is 0.338 e. The number of unbranched alkanes of at least 4 members (excludes halogenated alkanes) is 2. The molecule has 0 aliphatic heterocycles. The second-order valence-corrected chi connectivity index (χ2v) is 7.93. The predicted octanol–water partition coefficient (Wildman–Crippen LogP) is 4.00. The van der Waals surface area contributed by atoms with E-state index >= 15 is 0 Å². The normalized spacial score (nSPS) is 11.4. The zero-order valence-electron chi connectivity index (χ0n) is 11.6. The fourth-order valence-electron chi connectivity index (χ4n) is 1.62. The topological polar surface area (TPSA) is 42.2 Å². The molecule has 0 saturated carbocycles. The second kappa shape index (κ2) is 10.8. The number of nitrogens with zero attached hydrogens (tertiary/aromatic N) is 1. The van der Waals surface area contributed by atoms with Crippen LogP contribution in [0.1, 0.15) is 52.9 Å². The van der Waals surface area contributed by atoms with Gasteiger partial charge in [-0.3, -0.25) is 0 Å². The molecule has 0 N–H and O–H groups in total. The minimum absolute atomic E-state index is 0.554. The van der Waals surface area contributed by atoms with E-state index < -0.39 is 8.56 Å². The summed E-state index contributed by atoms with van der Waals surface area (Å²) in [6.07, 6.45) is 5.00. The number of hydrogen-bond donors (Lipinski definition) is 0. The highest BCUT2D eigenvalue weighted by molar-refractivity contribution is 6.67. The average Bonchev–Trinajstić information content (AvgIpc) is 2.36. The summed E-state index contributed by atoms with van der Waals surface area (Å²) >= 11 is 0. The van der Waals surface area contributed by atoms with Crippen LogP contribution in [-0.2, 0) is 8.85 Å². The molecular weight excluding hydrogens is 230 g/mol. The Morgan fingerprint density at radius 1 is 1.00 bits per heavy atom. The zero-order valence-corrected chi connectivity index (χ0v) is 12.6.